The van der Waals surface area contributed by atoms with Crippen LogP contribution >= 0.6 is 0 Å². The second-order valence-corrected chi connectivity index (χ2v) is 4.60. The maximum absolute atomic E-state index is 12.1. The molecule has 0 aliphatic rings. The fourth-order valence-corrected chi connectivity index (χ4v) is 1.89. The topological polar surface area (TPSA) is 26.3 Å². The Bertz CT molecular complexity index is 600. The second kappa shape index (κ2) is 7.85. The quantitative estimate of drug-likeness (QED) is 0.574. The summed E-state index contributed by atoms with van der Waals surface area (Å²) in [6.45, 7) is 3.71. The van der Waals surface area contributed by atoms with Crippen molar-refractivity contribution in [2.75, 3.05) is 0 Å². The highest BCUT2D eigenvalue weighted by atomic mass is 16.5. The number of carbonyl (C=O) groups is 1. The molecule has 21 heavy (non-hydrogen) atoms. The van der Waals surface area contributed by atoms with Gasteiger partial charge in [-0.15, -0.1) is 6.58 Å². The van der Waals surface area contributed by atoms with E-state index in [2.05, 4.69) is 6.58 Å². The van der Waals surface area contributed by atoms with Crippen molar-refractivity contribution in [3.05, 3.63) is 90.5 Å². The first-order valence-corrected chi connectivity index (χ1v) is 6.90. The summed E-state index contributed by atoms with van der Waals surface area (Å²) in [7, 11) is 0. The average molecular weight is 278 g/mol. The maximum Gasteiger partial charge on any atom is 0.338 e. The van der Waals surface area contributed by atoms with Gasteiger partial charge in [0.15, 0.2) is 0 Å². The van der Waals surface area contributed by atoms with E-state index in [4.69, 9.17) is 4.74 Å². The third kappa shape index (κ3) is 4.77. The lowest BCUT2D eigenvalue weighted by Gasteiger charge is -2.12. The molecule has 0 amide bonds. The van der Waals surface area contributed by atoms with Crippen LogP contribution in [0.15, 0.2) is 79.4 Å². The largest absolute Gasteiger partial charge is 0.454 e. The first-order valence-electron chi connectivity index (χ1n) is 6.90. The fourth-order valence-electron chi connectivity index (χ4n) is 1.89. The maximum atomic E-state index is 12.1. The van der Waals surface area contributed by atoms with Crippen molar-refractivity contribution in [3.63, 3.8) is 0 Å². The van der Waals surface area contributed by atoms with Crippen molar-refractivity contribution < 1.29 is 9.53 Å². The summed E-state index contributed by atoms with van der Waals surface area (Å²) in [4.78, 5) is 12.1. The van der Waals surface area contributed by atoms with E-state index < -0.39 is 0 Å². The summed E-state index contributed by atoms with van der Waals surface area (Å²) < 4.78 is 5.50. The molecule has 2 aromatic rings. The third-order valence-corrected chi connectivity index (χ3v) is 2.97. The Balaban J connectivity index is 2.04. The lowest BCUT2D eigenvalue weighted by molar-refractivity contribution is 0.0401. The van der Waals surface area contributed by atoms with Crippen LogP contribution in [0.25, 0.3) is 6.08 Å². The van der Waals surface area contributed by atoms with Crippen LogP contribution in [0.1, 0.15) is 22.3 Å². The molecule has 2 rings (SSSR count). The van der Waals surface area contributed by atoms with Crippen LogP contribution < -0.4 is 0 Å². The minimum Gasteiger partial charge on any atom is -0.454 e. The molecule has 1 unspecified atom stereocenters. The highest BCUT2D eigenvalue weighted by molar-refractivity contribution is 5.89. The van der Waals surface area contributed by atoms with Gasteiger partial charge in [-0.1, -0.05) is 60.7 Å². The van der Waals surface area contributed by atoms with Gasteiger partial charge in [0.05, 0.1) is 5.56 Å². The molecule has 2 aromatic carbocycles. The normalized spacial score (nSPS) is 12.0. The van der Waals surface area contributed by atoms with Crippen molar-refractivity contribution in [2.45, 2.75) is 12.5 Å². The molecule has 0 N–H and O–H groups in total. The van der Waals surface area contributed by atoms with Gasteiger partial charge in [0.1, 0.15) is 6.10 Å². The summed E-state index contributed by atoms with van der Waals surface area (Å²) >= 11 is 0. The van der Waals surface area contributed by atoms with Crippen LogP contribution in [-0.4, -0.2) is 12.1 Å². The van der Waals surface area contributed by atoms with Crippen molar-refractivity contribution in [1.82, 2.24) is 0 Å². The van der Waals surface area contributed by atoms with Crippen molar-refractivity contribution in [1.29, 1.82) is 0 Å². The molecule has 0 fully saturated rings. The van der Waals surface area contributed by atoms with Crippen LogP contribution in [0.5, 0.6) is 0 Å². The van der Waals surface area contributed by atoms with Crippen molar-refractivity contribution in [3.8, 4) is 0 Å². The standard InChI is InChI=1S/C19H18O2/c1-2-9-18(15-14-16-10-5-3-6-11-16)21-19(20)17-12-7-4-8-13-17/h2-8,10-15,18H,1,9H2/b15-14+. The first-order chi connectivity index (χ1) is 10.3. The van der Waals surface area contributed by atoms with Gasteiger partial charge >= 0.3 is 5.97 Å². The molecule has 1 atom stereocenters. The summed E-state index contributed by atoms with van der Waals surface area (Å²) in [6.07, 6.45) is 5.86. The molecule has 0 aliphatic carbocycles. The van der Waals surface area contributed by atoms with Gasteiger partial charge in [-0.3, -0.25) is 0 Å². The molecule has 0 bridgehead atoms. The van der Waals surface area contributed by atoms with E-state index in [9.17, 15) is 4.79 Å². The SMILES string of the molecule is C=CCC(/C=C/c1ccccc1)OC(=O)c1ccccc1. The molecule has 2 heteroatoms. The Morgan fingerprint density at radius 1 is 1.05 bits per heavy atom. The van der Waals surface area contributed by atoms with Gasteiger partial charge in [0, 0.05) is 6.42 Å². The molecule has 0 spiro atoms. The predicted octanol–water partition coefficient (Wildman–Crippen LogP) is 4.50. The Morgan fingerprint density at radius 2 is 1.67 bits per heavy atom. The molecule has 0 saturated carbocycles. The van der Waals surface area contributed by atoms with Crippen molar-refractivity contribution in [2.24, 2.45) is 0 Å². The number of hydrogen-bond acceptors (Lipinski definition) is 2. The van der Waals surface area contributed by atoms with E-state index in [-0.39, 0.29) is 12.1 Å². The lowest BCUT2D eigenvalue weighted by Crippen LogP contribution is -2.15. The number of benzene rings is 2. The highest BCUT2D eigenvalue weighted by Crippen LogP contribution is 2.10. The van der Waals surface area contributed by atoms with E-state index in [1.165, 1.54) is 0 Å². The summed E-state index contributed by atoms with van der Waals surface area (Å²) in [5.74, 6) is -0.319. The fraction of sp³-hybridized carbons (Fsp3) is 0.105. The lowest BCUT2D eigenvalue weighted by atomic mass is 10.1. The van der Waals surface area contributed by atoms with E-state index in [0.717, 1.165) is 5.56 Å². The summed E-state index contributed by atoms with van der Waals surface area (Å²) in [6, 6.07) is 18.9. The van der Waals surface area contributed by atoms with Gasteiger partial charge in [-0.25, -0.2) is 4.79 Å². The summed E-state index contributed by atoms with van der Waals surface area (Å²) in [5, 5.41) is 0. The van der Waals surface area contributed by atoms with E-state index >= 15 is 0 Å². The minimum atomic E-state index is -0.319. The predicted molar refractivity (Wildman–Crippen MR) is 85.9 cm³/mol. The van der Waals surface area contributed by atoms with Crippen LogP contribution in [0.2, 0.25) is 0 Å². The minimum absolute atomic E-state index is 0.310. The first kappa shape index (κ1) is 14.8. The molecular weight excluding hydrogens is 260 g/mol. The van der Waals surface area contributed by atoms with Crippen LogP contribution in [-0.2, 0) is 4.74 Å². The average Bonchev–Trinajstić information content (AvgIpc) is 2.54. The van der Waals surface area contributed by atoms with Gasteiger partial charge in [0.25, 0.3) is 0 Å². The zero-order chi connectivity index (χ0) is 14.9. The third-order valence-electron chi connectivity index (χ3n) is 2.97. The Labute approximate surface area is 125 Å². The molecular formula is C19H18O2. The van der Waals surface area contributed by atoms with Crippen LogP contribution in [0.4, 0.5) is 0 Å². The highest BCUT2D eigenvalue weighted by Gasteiger charge is 2.11. The number of hydrogen-bond donors (Lipinski definition) is 0. The number of rotatable bonds is 6. The molecule has 2 nitrogen and oxygen atoms in total. The number of carbonyl (C=O) groups excluding carboxylic acids is 1. The molecule has 0 saturated heterocycles. The zero-order valence-electron chi connectivity index (χ0n) is 11.8. The van der Waals surface area contributed by atoms with Gasteiger partial charge in [0.2, 0.25) is 0 Å². The van der Waals surface area contributed by atoms with Crippen LogP contribution in [0, 0.1) is 0 Å². The summed E-state index contributed by atoms with van der Waals surface area (Å²) in [5.41, 5.74) is 1.63. The van der Waals surface area contributed by atoms with Gasteiger partial charge in [-0.2, -0.15) is 0 Å². The number of ether oxygens (including phenoxy) is 1. The molecule has 0 radical (unpaired) electrons. The monoisotopic (exact) mass is 278 g/mol. The van der Waals surface area contributed by atoms with E-state index in [1.807, 2.05) is 60.7 Å². The zero-order valence-corrected chi connectivity index (χ0v) is 11.8. The molecule has 0 heterocycles. The van der Waals surface area contributed by atoms with E-state index in [1.54, 1.807) is 18.2 Å². The molecule has 0 aromatic heterocycles. The Morgan fingerprint density at radius 3 is 2.29 bits per heavy atom. The van der Waals surface area contributed by atoms with Crippen molar-refractivity contribution >= 4 is 12.0 Å². The van der Waals surface area contributed by atoms with E-state index in [0.29, 0.717) is 12.0 Å². The van der Waals surface area contributed by atoms with Gasteiger partial charge < -0.3 is 4.74 Å². The molecule has 0 aliphatic heterocycles. The Kier molecular flexibility index (Phi) is 5.53. The smallest absolute Gasteiger partial charge is 0.338 e. The molecule has 106 valence electrons. The second-order valence-electron chi connectivity index (χ2n) is 4.60. The van der Waals surface area contributed by atoms with Gasteiger partial charge in [-0.05, 0) is 23.8 Å². The Hall–Kier alpha value is -2.61. The van der Waals surface area contributed by atoms with Crippen LogP contribution in [0.3, 0.4) is 0 Å². The number of esters is 1.